The molecule has 6 heteroatoms. The molecule has 0 saturated carbocycles. The summed E-state index contributed by atoms with van der Waals surface area (Å²) in [4.78, 5) is 18.7. The number of aromatic nitrogens is 2. The highest BCUT2D eigenvalue weighted by Gasteiger charge is 2.12. The molecule has 0 spiro atoms. The number of carbonyl (C=O) groups is 1. The van der Waals surface area contributed by atoms with Gasteiger partial charge in [-0.3, -0.25) is 10.0 Å². The van der Waals surface area contributed by atoms with Crippen molar-refractivity contribution in [3.63, 3.8) is 0 Å². The maximum atomic E-state index is 11.3. The molecule has 0 radical (unpaired) electrons. The van der Waals surface area contributed by atoms with Crippen LogP contribution in [0.2, 0.25) is 0 Å². The summed E-state index contributed by atoms with van der Waals surface area (Å²) in [5, 5.41) is 8.66. The number of nitrogens with zero attached hydrogens (tertiary/aromatic N) is 3. The number of amides is 1. The fourth-order valence-electron chi connectivity index (χ4n) is 3.84. The predicted molar refractivity (Wildman–Crippen MR) is 125 cm³/mol. The lowest BCUT2D eigenvalue weighted by Crippen LogP contribution is -2.25. The van der Waals surface area contributed by atoms with Gasteiger partial charge in [-0.25, -0.2) is 10.5 Å². The Hall–Kier alpha value is -2.96. The van der Waals surface area contributed by atoms with Crippen LogP contribution in [0.3, 0.4) is 0 Å². The number of hydrogen-bond acceptors (Lipinski definition) is 4. The second kappa shape index (κ2) is 11.4. The molecule has 0 bridgehead atoms. The first-order chi connectivity index (χ1) is 15.1. The van der Waals surface area contributed by atoms with Crippen LogP contribution in [0.4, 0.5) is 0 Å². The van der Waals surface area contributed by atoms with E-state index in [1.54, 1.807) is 11.6 Å². The summed E-state index contributed by atoms with van der Waals surface area (Å²) in [6, 6.07) is 16.5. The van der Waals surface area contributed by atoms with E-state index in [1.165, 1.54) is 11.6 Å². The van der Waals surface area contributed by atoms with Crippen LogP contribution in [-0.2, 0) is 24.2 Å². The summed E-state index contributed by atoms with van der Waals surface area (Å²) < 4.78 is 2.34. The van der Waals surface area contributed by atoms with Gasteiger partial charge in [0.05, 0.1) is 11.0 Å². The zero-order chi connectivity index (χ0) is 22.1. The van der Waals surface area contributed by atoms with Gasteiger partial charge < -0.3 is 9.47 Å². The lowest BCUT2D eigenvalue weighted by atomic mass is 10.1. The van der Waals surface area contributed by atoms with Crippen molar-refractivity contribution in [2.75, 3.05) is 19.6 Å². The van der Waals surface area contributed by atoms with Gasteiger partial charge in [0.2, 0.25) is 0 Å². The number of benzene rings is 2. The molecule has 1 amide bonds. The summed E-state index contributed by atoms with van der Waals surface area (Å²) >= 11 is 0. The number of nitrogens with one attached hydrogen (secondary N) is 1. The lowest BCUT2D eigenvalue weighted by Gasteiger charge is -2.18. The van der Waals surface area contributed by atoms with Gasteiger partial charge in [-0.1, -0.05) is 50.2 Å². The molecule has 3 rings (SSSR count). The maximum absolute atomic E-state index is 11.3. The number of rotatable bonds is 11. The van der Waals surface area contributed by atoms with Gasteiger partial charge in [0.1, 0.15) is 5.82 Å². The zero-order valence-corrected chi connectivity index (χ0v) is 18.4. The summed E-state index contributed by atoms with van der Waals surface area (Å²) in [7, 11) is 0. The van der Waals surface area contributed by atoms with Crippen LogP contribution in [0.25, 0.3) is 17.1 Å². The van der Waals surface area contributed by atoms with Crippen LogP contribution in [0.1, 0.15) is 37.2 Å². The van der Waals surface area contributed by atoms with Crippen molar-refractivity contribution in [3.05, 3.63) is 71.6 Å². The molecule has 0 unspecified atom stereocenters. The largest absolute Gasteiger partial charge is 0.328 e. The van der Waals surface area contributed by atoms with Gasteiger partial charge in [0, 0.05) is 19.0 Å². The third-order valence-corrected chi connectivity index (χ3v) is 5.62. The Morgan fingerprint density at radius 2 is 1.90 bits per heavy atom. The lowest BCUT2D eigenvalue weighted by molar-refractivity contribution is -0.124. The summed E-state index contributed by atoms with van der Waals surface area (Å²) in [6.45, 7) is 8.54. The molecule has 0 atom stereocenters. The summed E-state index contributed by atoms with van der Waals surface area (Å²) in [5.41, 5.74) is 5.84. The smallest absolute Gasteiger partial charge is 0.267 e. The average molecular weight is 421 g/mol. The fourth-order valence-corrected chi connectivity index (χ4v) is 3.84. The second-order valence-corrected chi connectivity index (χ2v) is 7.60. The first kappa shape index (κ1) is 22.7. The molecule has 1 aromatic heterocycles. The van der Waals surface area contributed by atoms with Crippen molar-refractivity contribution < 1.29 is 10.0 Å². The number of fused-ring (bicyclic) bond motifs is 1. The topological polar surface area (TPSA) is 70.4 Å². The highest BCUT2D eigenvalue weighted by atomic mass is 16.5. The van der Waals surface area contributed by atoms with Crippen LogP contribution in [0.5, 0.6) is 0 Å². The van der Waals surface area contributed by atoms with E-state index in [-0.39, 0.29) is 0 Å². The molecule has 2 N–H and O–H groups in total. The van der Waals surface area contributed by atoms with E-state index >= 15 is 0 Å². The Bertz CT molecular complexity index is 1010. The fraction of sp³-hybridized carbons (Fsp3) is 0.360. The van der Waals surface area contributed by atoms with E-state index in [4.69, 9.17) is 10.2 Å². The van der Waals surface area contributed by atoms with Crippen molar-refractivity contribution in [2.24, 2.45) is 0 Å². The van der Waals surface area contributed by atoms with Crippen molar-refractivity contribution in [2.45, 2.75) is 39.7 Å². The Balaban J connectivity index is 1.84. The van der Waals surface area contributed by atoms with Crippen LogP contribution >= 0.6 is 0 Å². The summed E-state index contributed by atoms with van der Waals surface area (Å²) in [5.74, 6) is 0.540. The third kappa shape index (κ3) is 6.26. The Morgan fingerprint density at radius 3 is 2.61 bits per heavy atom. The van der Waals surface area contributed by atoms with Crippen LogP contribution in [-0.4, -0.2) is 45.2 Å². The van der Waals surface area contributed by atoms with Gasteiger partial charge in [-0.05, 0) is 61.8 Å². The Kier molecular flexibility index (Phi) is 8.38. The highest BCUT2D eigenvalue weighted by Crippen LogP contribution is 2.21. The minimum absolute atomic E-state index is 0.550. The minimum atomic E-state index is -0.550. The minimum Gasteiger partial charge on any atom is -0.328 e. The first-order valence-corrected chi connectivity index (χ1v) is 11.0. The monoisotopic (exact) mass is 420 g/mol. The van der Waals surface area contributed by atoms with Gasteiger partial charge in [-0.15, -0.1) is 0 Å². The van der Waals surface area contributed by atoms with Gasteiger partial charge >= 0.3 is 0 Å². The van der Waals surface area contributed by atoms with E-state index in [9.17, 15) is 4.79 Å². The van der Waals surface area contributed by atoms with Gasteiger partial charge in [0.25, 0.3) is 5.91 Å². The number of aryl methyl sites for hydroxylation is 3. The Labute approximate surface area is 184 Å². The molecule has 0 saturated heterocycles. The number of hydrogen-bond donors (Lipinski definition) is 2. The molecule has 6 nitrogen and oxygen atoms in total. The molecular weight excluding hydrogens is 388 g/mol. The number of imidazole rings is 1. The highest BCUT2D eigenvalue weighted by molar-refractivity contribution is 5.91. The van der Waals surface area contributed by atoms with Crippen molar-refractivity contribution in [3.8, 4) is 0 Å². The molecule has 0 aliphatic heterocycles. The van der Waals surface area contributed by atoms with E-state index in [0.717, 1.165) is 67.9 Å². The average Bonchev–Trinajstić information content (AvgIpc) is 3.16. The molecule has 164 valence electrons. The molecule has 0 aliphatic rings. The molecule has 0 fully saturated rings. The standard InChI is InChI=1S/C25H32N4O2/c1-3-28(4-2)17-8-18-29-23-14-11-21(13-16-25(30)27-31)19-22(23)26-24(29)15-12-20-9-6-5-7-10-20/h5-7,9-11,13-14,16,19,31H,3-4,8,12,15,17-18H2,1-2H3,(H,27,30)/b16-13+. The normalized spacial score (nSPS) is 11.6. The molecule has 2 aromatic carbocycles. The molecular formula is C25H32N4O2. The van der Waals surface area contributed by atoms with E-state index in [2.05, 4.69) is 53.6 Å². The van der Waals surface area contributed by atoms with Gasteiger partial charge in [-0.2, -0.15) is 0 Å². The quantitative estimate of drug-likeness (QED) is 0.279. The molecule has 31 heavy (non-hydrogen) atoms. The predicted octanol–water partition coefficient (Wildman–Crippen LogP) is 4.07. The number of hydroxylamine groups is 1. The molecule has 0 aliphatic carbocycles. The maximum Gasteiger partial charge on any atom is 0.267 e. The van der Waals surface area contributed by atoms with Gasteiger partial charge in [0.15, 0.2) is 0 Å². The van der Waals surface area contributed by atoms with Crippen LogP contribution < -0.4 is 5.48 Å². The van der Waals surface area contributed by atoms with Crippen LogP contribution in [0.15, 0.2) is 54.6 Å². The second-order valence-electron chi connectivity index (χ2n) is 7.60. The third-order valence-electron chi connectivity index (χ3n) is 5.62. The Morgan fingerprint density at radius 1 is 1.13 bits per heavy atom. The first-order valence-electron chi connectivity index (χ1n) is 11.0. The SMILES string of the molecule is CCN(CC)CCCn1c(CCc2ccccc2)nc2cc(/C=C/C(=O)NO)ccc21. The zero-order valence-electron chi connectivity index (χ0n) is 18.4. The number of carbonyl (C=O) groups excluding carboxylic acids is 1. The van der Waals surface area contributed by atoms with Crippen molar-refractivity contribution in [1.82, 2.24) is 19.9 Å². The summed E-state index contributed by atoms with van der Waals surface area (Å²) in [6.07, 6.45) is 5.88. The van der Waals surface area contributed by atoms with Crippen molar-refractivity contribution >= 4 is 23.0 Å². The van der Waals surface area contributed by atoms with Crippen molar-refractivity contribution in [1.29, 1.82) is 0 Å². The molecule has 3 aromatic rings. The van der Waals surface area contributed by atoms with E-state index < -0.39 is 5.91 Å². The van der Waals surface area contributed by atoms with E-state index in [0.29, 0.717) is 0 Å². The van der Waals surface area contributed by atoms with Crippen LogP contribution in [0, 0.1) is 0 Å². The van der Waals surface area contributed by atoms with E-state index in [1.807, 2.05) is 18.2 Å². The molecule has 1 heterocycles.